The lowest BCUT2D eigenvalue weighted by molar-refractivity contribution is 0.0600. The molecule has 6 nitrogen and oxygen atoms in total. The highest BCUT2D eigenvalue weighted by atomic mass is 16.5. The molecule has 0 bridgehead atoms. The van der Waals surface area contributed by atoms with Gasteiger partial charge in [-0.15, -0.1) is 0 Å². The van der Waals surface area contributed by atoms with Gasteiger partial charge in [0.2, 0.25) is 0 Å². The van der Waals surface area contributed by atoms with E-state index < -0.39 is 0 Å². The van der Waals surface area contributed by atoms with E-state index in [0.717, 1.165) is 23.6 Å². The first-order chi connectivity index (χ1) is 10.1. The molecule has 112 valence electrons. The van der Waals surface area contributed by atoms with Gasteiger partial charge in [-0.1, -0.05) is 0 Å². The predicted molar refractivity (Wildman–Crippen MR) is 79.1 cm³/mol. The molecule has 0 aliphatic carbocycles. The van der Waals surface area contributed by atoms with Gasteiger partial charge in [0.15, 0.2) is 0 Å². The Balaban J connectivity index is 2.18. The number of ether oxygens (including phenoxy) is 1. The third-order valence-corrected chi connectivity index (χ3v) is 3.44. The summed E-state index contributed by atoms with van der Waals surface area (Å²) in [5.41, 5.74) is 4.66. The number of esters is 1. The van der Waals surface area contributed by atoms with Gasteiger partial charge in [0.1, 0.15) is 0 Å². The number of nitrogens with one attached hydrogen (secondary N) is 1. The predicted octanol–water partition coefficient (Wildman–Crippen LogP) is 1.45. The zero-order valence-corrected chi connectivity index (χ0v) is 12.8. The molecule has 0 aliphatic rings. The molecule has 0 unspecified atom stereocenters. The van der Waals surface area contributed by atoms with Crippen molar-refractivity contribution in [3.63, 3.8) is 0 Å². The van der Waals surface area contributed by atoms with Gasteiger partial charge >= 0.3 is 5.97 Å². The summed E-state index contributed by atoms with van der Waals surface area (Å²) in [6.07, 6.45) is 1.53. The Hall–Kier alpha value is -2.21. The quantitative estimate of drug-likeness (QED) is 0.843. The lowest BCUT2D eigenvalue weighted by Crippen LogP contribution is -2.09. The minimum atomic E-state index is -0.378. The van der Waals surface area contributed by atoms with Crippen LogP contribution in [-0.4, -0.2) is 34.9 Å². The SMILES string of the molecule is CNCc1c(C)nn(Cc2ccc(C(=O)OC)cn2)c1C. The molecule has 0 aliphatic heterocycles. The average Bonchev–Trinajstić information content (AvgIpc) is 2.75. The maximum absolute atomic E-state index is 11.4. The highest BCUT2D eigenvalue weighted by molar-refractivity contribution is 5.88. The number of aromatic nitrogens is 3. The van der Waals surface area contributed by atoms with Crippen molar-refractivity contribution in [2.45, 2.75) is 26.9 Å². The van der Waals surface area contributed by atoms with Crippen LogP contribution < -0.4 is 5.32 Å². The summed E-state index contributed by atoms with van der Waals surface area (Å²) < 4.78 is 6.59. The Kier molecular flexibility index (Phi) is 4.70. The number of aryl methyl sites for hydroxylation is 1. The first-order valence-electron chi connectivity index (χ1n) is 6.77. The first kappa shape index (κ1) is 15.2. The Morgan fingerprint density at radius 3 is 2.71 bits per heavy atom. The summed E-state index contributed by atoms with van der Waals surface area (Å²) in [6, 6.07) is 3.54. The number of hydrogen-bond donors (Lipinski definition) is 1. The van der Waals surface area contributed by atoms with Crippen LogP contribution in [0.15, 0.2) is 18.3 Å². The minimum Gasteiger partial charge on any atom is -0.465 e. The highest BCUT2D eigenvalue weighted by Gasteiger charge is 2.12. The van der Waals surface area contributed by atoms with Crippen LogP contribution in [0.5, 0.6) is 0 Å². The third-order valence-electron chi connectivity index (χ3n) is 3.44. The van der Waals surface area contributed by atoms with Crippen LogP contribution in [0.3, 0.4) is 0 Å². The zero-order valence-electron chi connectivity index (χ0n) is 12.8. The molecule has 21 heavy (non-hydrogen) atoms. The van der Waals surface area contributed by atoms with E-state index in [9.17, 15) is 4.79 Å². The molecular formula is C15H20N4O2. The van der Waals surface area contributed by atoms with Crippen LogP contribution in [-0.2, 0) is 17.8 Å². The largest absolute Gasteiger partial charge is 0.465 e. The van der Waals surface area contributed by atoms with Crippen molar-refractivity contribution in [3.8, 4) is 0 Å². The molecule has 0 spiro atoms. The molecule has 2 heterocycles. The number of carbonyl (C=O) groups is 1. The molecule has 2 rings (SSSR count). The number of methoxy groups -OCH3 is 1. The average molecular weight is 288 g/mol. The normalized spacial score (nSPS) is 10.7. The lowest BCUT2D eigenvalue weighted by Gasteiger charge is -2.06. The molecule has 0 saturated carbocycles. The minimum absolute atomic E-state index is 0.378. The Morgan fingerprint density at radius 1 is 1.38 bits per heavy atom. The van der Waals surface area contributed by atoms with Crippen LogP contribution in [0.4, 0.5) is 0 Å². The second-order valence-electron chi connectivity index (χ2n) is 4.87. The molecule has 2 aromatic rings. The summed E-state index contributed by atoms with van der Waals surface area (Å²) in [4.78, 5) is 15.7. The fourth-order valence-corrected chi connectivity index (χ4v) is 2.23. The molecule has 0 atom stereocenters. The maximum Gasteiger partial charge on any atom is 0.339 e. The fourth-order valence-electron chi connectivity index (χ4n) is 2.23. The van der Waals surface area contributed by atoms with E-state index in [1.54, 1.807) is 6.07 Å². The summed E-state index contributed by atoms with van der Waals surface area (Å²) >= 11 is 0. The number of rotatable bonds is 5. The molecule has 6 heteroatoms. The second kappa shape index (κ2) is 6.49. The van der Waals surface area contributed by atoms with Crippen molar-refractivity contribution in [2.24, 2.45) is 0 Å². The van der Waals surface area contributed by atoms with Crippen LogP contribution in [0.1, 0.15) is 33.0 Å². The van der Waals surface area contributed by atoms with Crippen molar-refractivity contribution in [1.29, 1.82) is 0 Å². The monoisotopic (exact) mass is 288 g/mol. The molecule has 0 saturated heterocycles. The van der Waals surface area contributed by atoms with Crippen molar-refractivity contribution < 1.29 is 9.53 Å². The van der Waals surface area contributed by atoms with Crippen molar-refractivity contribution in [1.82, 2.24) is 20.1 Å². The van der Waals surface area contributed by atoms with Gasteiger partial charge < -0.3 is 10.1 Å². The van der Waals surface area contributed by atoms with Gasteiger partial charge in [0.05, 0.1) is 30.6 Å². The van der Waals surface area contributed by atoms with Gasteiger partial charge in [-0.3, -0.25) is 9.67 Å². The summed E-state index contributed by atoms with van der Waals surface area (Å²) in [5, 5.41) is 7.69. The van der Waals surface area contributed by atoms with Crippen molar-refractivity contribution in [3.05, 3.63) is 46.5 Å². The van der Waals surface area contributed by atoms with E-state index in [1.165, 1.54) is 18.9 Å². The van der Waals surface area contributed by atoms with E-state index in [4.69, 9.17) is 0 Å². The molecule has 0 fully saturated rings. The van der Waals surface area contributed by atoms with Crippen LogP contribution in [0.25, 0.3) is 0 Å². The van der Waals surface area contributed by atoms with E-state index in [1.807, 2.05) is 24.7 Å². The Morgan fingerprint density at radius 2 is 2.14 bits per heavy atom. The van der Waals surface area contributed by atoms with E-state index >= 15 is 0 Å². The van der Waals surface area contributed by atoms with Crippen LogP contribution in [0.2, 0.25) is 0 Å². The lowest BCUT2D eigenvalue weighted by atomic mass is 10.2. The molecule has 0 aromatic carbocycles. The van der Waals surface area contributed by atoms with Crippen LogP contribution >= 0.6 is 0 Å². The standard InChI is InChI=1S/C15H20N4O2/c1-10-14(8-16-3)11(2)19(18-10)9-13-6-5-12(7-17-13)15(20)21-4/h5-7,16H,8-9H2,1-4H3. The summed E-state index contributed by atoms with van der Waals surface area (Å²) in [7, 11) is 3.28. The molecule has 1 N–H and O–H groups in total. The van der Waals surface area contributed by atoms with E-state index in [-0.39, 0.29) is 5.97 Å². The third kappa shape index (κ3) is 3.28. The van der Waals surface area contributed by atoms with Crippen molar-refractivity contribution >= 4 is 5.97 Å². The first-order valence-corrected chi connectivity index (χ1v) is 6.77. The van der Waals surface area contributed by atoms with Gasteiger partial charge in [-0.2, -0.15) is 5.10 Å². The molecule has 2 aromatic heterocycles. The van der Waals surface area contributed by atoms with Crippen molar-refractivity contribution in [2.75, 3.05) is 14.2 Å². The number of nitrogens with zero attached hydrogens (tertiary/aromatic N) is 3. The van der Waals surface area contributed by atoms with Gasteiger partial charge in [0, 0.05) is 24.0 Å². The summed E-state index contributed by atoms with van der Waals surface area (Å²) in [6.45, 7) is 5.43. The number of hydrogen-bond acceptors (Lipinski definition) is 5. The molecular weight excluding hydrogens is 268 g/mol. The van der Waals surface area contributed by atoms with Crippen LogP contribution in [0, 0.1) is 13.8 Å². The Labute approximate surface area is 124 Å². The van der Waals surface area contributed by atoms with E-state index in [0.29, 0.717) is 12.1 Å². The second-order valence-corrected chi connectivity index (χ2v) is 4.87. The highest BCUT2D eigenvalue weighted by Crippen LogP contribution is 2.14. The number of pyridine rings is 1. The summed E-state index contributed by atoms with van der Waals surface area (Å²) in [5.74, 6) is -0.378. The zero-order chi connectivity index (χ0) is 15.4. The maximum atomic E-state index is 11.4. The van der Waals surface area contributed by atoms with Gasteiger partial charge in [-0.05, 0) is 33.0 Å². The fraction of sp³-hybridized carbons (Fsp3) is 0.400. The topological polar surface area (TPSA) is 69.0 Å². The smallest absolute Gasteiger partial charge is 0.339 e. The van der Waals surface area contributed by atoms with E-state index in [2.05, 4.69) is 27.1 Å². The Bertz CT molecular complexity index is 632. The van der Waals surface area contributed by atoms with Gasteiger partial charge in [0.25, 0.3) is 0 Å². The van der Waals surface area contributed by atoms with Gasteiger partial charge in [-0.25, -0.2) is 4.79 Å². The molecule has 0 radical (unpaired) electrons. The molecule has 0 amide bonds. The number of carbonyl (C=O) groups excluding carboxylic acids is 1.